The lowest BCUT2D eigenvalue weighted by Gasteiger charge is -2.18. The molecular weight excluding hydrogens is 218 g/mol. The smallest absolute Gasteiger partial charge is 0.0269 e. The van der Waals surface area contributed by atoms with Gasteiger partial charge in [-0.2, -0.15) is 0 Å². The van der Waals surface area contributed by atoms with Crippen LogP contribution in [0.3, 0.4) is 0 Å². The van der Waals surface area contributed by atoms with E-state index in [9.17, 15) is 0 Å². The Morgan fingerprint density at radius 1 is 1.17 bits per heavy atom. The molecule has 0 amide bonds. The fraction of sp³-hybridized carbons (Fsp3) is 0.765. The summed E-state index contributed by atoms with van der Waals surface area (Å²) in [5.74, 6) is 9.21. The topological polar surface area (TPSA) is 12.0 Å². The molecule has 18 heavy (non-hydrogen) atoms. The Hall–Kier alpha value is -0.740. The van der Waals surface area contributed by atoms with Crippen LogP contribution >= 0.6 is 0 Å². The fourth-order valence-corrected chi connectivity index (χ4v) is 3.96. The molecule has 1 nitrogen and oxygen atoms in total. The van der Waals surface area contributed by atoms with Crippen molar-refractivity contribution in [3.63, 3.8) is 0 Å². The van der Waals surface area contributed by atoms with E-state index in [1.807, 2.05) is 0 Å². The molecule has 3 aliphatic rings. The predicted molar refractivity (Wildman–Crippen MR) is 76.1 cm³/mol. The summed E-state index contributed by atoms with van der Waals surface area (Å²) in [5, 5.41) is 3.79. The predicted octanol–water partition coefficient (Wildman–Crippen LogP) is 3.51. The molecule has 1 N–H and O–H groups in total. The molecule has 1 aliphatic heterocycles. The summed E-state index contributed by atoms with van der Waals surface area (Å²) in [4.78, 5) is 0. The monoisotopic (exact) mass is 243 g/mol. The van der Waals surface area contributed by atoms with Gasteiger partial charge in [0, 0.05) is 18.4 Å². The molecule has 3 rings (SSSR count). The Labute approximate surface area is 111 Å². The Morgan fingerprint density at radius 3 is 2.94 bits per heavy atom. The molecule has 0 spiro atoms. The van der Waals surface area contributed by atoms with Crippen molar-refractivity contribution in [1.82, 2.24) is 5.32 Å². The van der Waals surface area contributed by atoms with Crippen LogP contribution in [0.25, 0.3) is 0 Å². The third-order valence-electron chi connectivity index (χ3n) is 4.96. The minimum atomic E-state index is 0.623. The number of rotatable bonds is 3. The Kier molecular flexibility index (Phi) is 4.06. The minimum Gasteiger partial charge on any atom is -0.313 e. The van der Waals surface area contributed by atoms with Gasteiger partial charge in [-0.25, -0.2) is 0 Å². The van der Waals surface area contributed by atoms with Crippen LogP contribution in [0, 0.1) is 29.6 Å². The Balaban J connectivity index is 1.49. The highest BCUT2D eigenvalue weighted by Gasteiger charge is 2.32. The average Bonchev–Trinajstić information content (AvgIpc) is 2.98. The summed E-state index contributed by atoms with van der Waals surface area (Å²) in [7, 11) is 0. The van der Waals surface area contributed by atoms with Crippen LogP contribution in [0.15, 0.2) is 12.2 Å². The second-order valence-electron chi connectivity index (χ2n) is 6.33. The maximum atomic E-state index is 3.79. The molecule has 0 bridgehead atoms. The second-order valence-corrected chi connectivity index (χ2v) is 6.33. The maximum absolute atomic E-state index is 3.79. The van der Waals surface area contributed by atoms with Crippen molar-refractivity contribution < 1.29 is 0 Å². The van der Waals surface area contributed by atoms with Gasteiger partial charge < -0.3 is 5.32 Å². The summed E-state index contributed by atoms with van der Waals surface area (Å²) in [6.07, 6.45) is 15.3. The normalized spacial score (nSPS) is 36.3. The van der Waals surface area contributed by atoms with Gasteiger partial charge in [0.25, 0.3) is 0 Å². The lowest BCUT2D eigenvalue weighted by Crippen LogP contribution is -2.28. The molecule has 2 fully saturated rings. The molecule has 1 saturated heterocycles. The van der Waals surface area contributed by atoms with E-state index in [0.29, 0.717) is 5.92 Å². The van der Waals surface area contributed by atoms with Gasteiger partial charge in [0.2, 0.25) is 0 Å². The molecular formula is C17H25N. The lowest BCUT2D eigenvalue weighted by atomic mass is 9.88. The van der Waals surface area contributed by atoms with Gasteiger partial charge in [0.15, 0.2) is 0 Å². The van der Waals surface area contributed by atoms with Crippen molar-refractivity contribution in [3.05, 3.63) is 12.2 Å². The molecule has 98 valence electrons. The highest BCUT2D eigenvalue weighted by atomic mass is 15.0. The van der Waals surface area contributed by atoms with E-state index in [4.69, 9.17) is 0 Å². The van der Waals surface area contributed by atoms with Gasteiger partial charge >= 0.3 is 0 Å². The van der Waals surface area contributed by atoms with Crippen molar-refractivity contribution in [2.45, 2.75) is 57.4 Å². The zero-order chi connectivity index (χ0) is 12.2. The molecule has 0 aromatic rings. The van der Waals surface area contributed by atoms with Crippen LogP contribution in [0.2, 0.25) is 0 Å². The Morgan fingerprint density at radius 2 is 2.06 bits per heavy atom. The summed E-state index contributed by atoms with van der Waals surface area (Å²) in [5.41, 5.74) is 0. The average molecular weight is 243 g/mol. The van der Waals surface area contributed by atoms with E-state index in [1.54, 1.807) is 0 Å². The third-order valence-corrected chi connectivity index (χ3v) is 4.96. The molecule has 0 radical (unpaired) electrons. The van der Waals surface area contributed by atoms with E-state index in [0.717, 1.165) is 24.3 Å². The molecule has 1 unspecified atom stereocenters. The van der Waals surface area contributed by atoms with E-state index in [-0.39, 0.29) is 0 Å². The first-order valence-corrected chi connectivity index (χ1v) is 7.78. The highest BCUT2D eigenvalue weighted by molar-refractivity contribution is 5.13. The third kappa shape index (κ3) is 2.98. The van der Waals surface area contributed by atoms with Gasteiger partial charge in [-0.05, 0) is 50.5 Å². The number of allylic oxidation sites excluding steroid dienone is 2. The molecule has 2 aliphatic carbocycles. The van der Waals surface area contributed by atoms with Crippen LogP contribution in [-0.2, 0) is 0 Å². The van der Waals surface area contributed by atoms with E-state index >= 15 is 0 Å². The highest BCUT2D eigenvalue weighted by Crippen LogP contribution is 2.34. The first-order chi connectivity index (χ1) is 8.92. The first kappa shape index (κ1) is 12.3. The Bertz CT molecular complexity index is 354. The zero-order valence-corrected chi connectivity index (χ0v) is 11.3. The van der Waals surface area contributed by atoms with Crippen LogP contribution in [0.4, 0.5) is 0 Å². The second kappa shape index (κ2) is 5.93. The largest absolute Gasteiger partial charge is 0.313 e. The summed E-state index contributed by atoms with van der Waals surface area (Å²) in [6, 6.07) is 0.826. The summed E-state index contributed by atoms with van der Waals surface area (Å²) in [6.45, 7) is 1.24. The molecule has 3 atom stereocenters. The van der Waals surface area contributed by atoms with Crippen LogP contribution in [-0.4, -0.2) is 12.6 Å². The summed E-state index contributed by atoms with van der Waals surface area (Å²) >= 11 is 0. The zero-order valence-electron chi connectivity index (χ0n) is 11.3. The van der Waals surface area contributed by atoms with Crippen LogP contribution < -0.4 is 5.32 Å². The minimum absolute atomic E-state index is 0.623. The number of hydrogen-bond acceptors (Lipinski definition) is 1. The van der Waals surface area contributed by atoms with Crippen molar-refractivity contribution >= 4 is 0 Å². The molecule has 1 heteroatoms. The number of nitrogens with one attached hydrogen (secondary N) is 1. The van der Waals surface area contributed by atoms with Crippen molar-refractivity contribution in [1.29, 1.82) is 0 Å². The van der Waals surface area contributed by atoms with E-state index in [1.165, 1.54) is 51.5 Å². The van der Waals surface area contributed by atoms with Crippen molar-refractivity contribution in [3.8, 4) is 11.8 Å². The molecule has 1 heterocycles. The molecule has 0 aromatic carbocycles. The molecule has 0 aromatic heterocycles. The quantitative estimate of drug-likeness (QED) is 0.591. The van der Waals surface area contributed by atoms with Gasteiger partial charge in [0.1, 0.15) is 0 Å². The summed E-state index contributed by atoms with van der Waals surface area (Å²) < 4.78 is 0. The van der Waals surface area contributed by atoms with Crippen molar-refractivity contribution in [2.75, 3.05) is 6.54 Å². The van der Waals surface area contributed by atoms with Gasteiger partial charge in [0.05, 0.1) is 0 Å². The lowest BCUT2D eigenvalue weighted by molar-refractivity contribution is 0.378. The van der Waals surface area contributed by atoms with Crippen molar-refractivity contribution in [2.24, 2.45) is 17.8 Å². The van der Waals surface area contributed by atoms with Gasteiger partial charge in [-0.15, -0.1) is 0 Å². The van der Waals surface area contributed by atoms with Gasteiger partial charge in [-0.1, -0.05) is 36.8 Å². The first-order valence-electron chi connectivity index (χ1n) is 7.78. The molecule has 1 saturated carbocycles. The fourth-order valence-electron chi connectivity index (χ4n) is 3.96. The van der Waals surface area contributed by atoms with Crippen LogP contribution in [0.1, 0.15) is 51.4 Å². The van der Waals surface area contributed by atoms with E-state index in [2.05, 4.69) is 29.3 Å². The SMILES string of the molecule is C1#C[C@@H](CC2CN[C@@H](C3CCCC3)C2)CC=CC1. The van der Waals surface area contributed by atoms with E-state index < -0.39 is 0 Å². The standard InChI is InChI=1S/C17H25N/c1-2-4-8-14(7-3-1)11-15-12-17(18-13-15)16-9-5-6-10-16/h1,3,14-18H,2,5-7,9-13H2/t14-,15?,17+/m0/s1. The maximum Gasteiger partial charge on any atom is 0.0269 e. The van der Waals surface area contributed by atoms with Crippen LogP contribution in [0.5, 0.6) is 0 Å². The van der Waals surface area contributed by atoms with Gasteiger partial charge in [-0.3, -0.25) is 0 Å². The number of hydrogen-bond donors (Lipinski definition) is 1.